The summed E-state index contributed by atoms with van der Waals surface area (Å²) in [4.78, 5) is 19.9. The van der Waals surface area contributed by atoms with Gasteiger partial charge in [-0.05, 0) is 18.4 Å². The van der Waals surface area contributed by atoms with E-state index in [1.54, 1.807) is 12.1 Å². The zero-order valence-electron chi connectivity index (χ0n) is 8.30. The van der Waals surface area contributed by atoms with E-state index in [0.29, 0.717) is 12.8 Å². The van der Waals surface area contributed by atoms with Crippen LogP contribution in [0.3, 0.4) is 0 Å². The minimum absolute atomic E-state index is 0.0392. The van der Waals surface area contributed by atoms with Crippen molar-refractivity contribution in [1.29, 1.82) is 0 Å². The number of carbonyl (C=O) groups is 1. The van der Waals surface area contributed by atoms with Gasteiger partial charge in [0.05, 0.1) is 4.92 Å². The first-order chi connectivity index (χ1) is 7.50. The molecular formula is C10H10BrNO4. The third-order valence-corrected chi connectivity index (χ3v) is 2.95. The van der Waals surface area contributed by atoms with Gasteiger partial charge in [-0.25, -0.2) is 0 Å². The maximum atomic E-state index is 10.5. The van der Waals surface area contributed by atoms with Gasteiger partial charge in [-0.2, -0.15) is 0 Å². The number of alkyl halides is 1. The Morgan fingerprint density at radius 2 is 2.00 bits per heavy atom. The highest BCUT2D eigenvalue weighted by atomic mass is 79.9. The summed E-state index contributed by atoms with van der Waals surface area (Å²) in [5.74, 6) is -0.901. The average molecular weight is 288 g/mol. The number of aliphatic carboxylic acids is 1. The van der Waals surface area contributed by atoms with Crippen LogP contribution in [-0.4, -0.2) is 20.8 Å². The Morgan fingerprint density at radius 1 is 1.44 bits per heavy atom. The molecule has 16 heavy (non-hydrogen) atoms. The van der Waals surface area contributed by atoms with Gasteiger partial charge in [0.2, 0.25) is 0 Å². The lowest BCUT2D eigenvalue weighted by Crippen LogP contribution is -2.13. The maximum absolute atomic E-state index is 10.5. The van der Waals surface area contributed by atoms with E-state index in [2.05, 4.69) is 15.9 Å². The molecule has 0 heterocycles. The Labute approximate surface area is 100 Å². The van der Waals surface area contributed by atoms with Crippen molar-refractivity contribution in [2.24, 2.45) is 0 Å². The molecule has 0 aliphatic carbocycles. The van der Waals surface area contributed by atoms with Gasteiger partial charge >= 0.3 is 5.97 Å². The molecule has 0 bridgehead atoms. The van der Waals surface area contributed by atoms with Crippen LogP contribution >= 0.6 is 15.9 Å². The van der Waals surface area contributed by atoms with E-state index in [9.17, 15) is 14.9 Å². The largest absolute Gasteiger partial charge is 0.480 e. The standard InChI is InChI=1S/C10H10BrNO4/c11-9(10(13)14)6-3-7-1-4-8(5-2-7)12(15)16/h1-2,4-5,9H,3,6H2,(H,13,14)/t9-/m1/s1. The maximum Gasteiger partial charge on any atom is 0.317 e. The number of carboxylic acid groups (broad SMARTS) is 1. The fourth-order valence-electron chi connectivity index (χ4n) is 1.20. The molecule has 1 aromatic rings. The predicted octanol–water partition coefficient (Wildman–Crippen LogP) is 2.38. The molecule has 1 rings (SSSR count). The molecule has 0 radical (unpaired) electrons. The molecule has 0 saturated carbocycles. The van der Waals surface area contributed by atoms with Crippen molar-refractivity contribution in [3.8, 4) is 0 Å². The second-order valence-electron chi connectivity index (χ2n) is 3.27. The van der Waals surface area contributed by atoms with Crippen LogP contribution in [0.5, 0.6) is 0 Å². The third kappa shape index (κ3) is 3.62. The number of nitro benzene ring substituents is 1. The van der Waals surface area contributed by atoms with E-state index in [1.807, 2.05) is 0 Å². The Balaban J connectivity index is 2.56. The fraction of sp³-hybridized carbons (Fsp3) is 0.300. The minimum Gasteiger partial charge on any atom is -0.480 e. The topological polar surface area (TPSA) is 80.4 Å². The Hall–Kier alpha value is -1.43. The summed E-state index contributed by atoms with van der Waals surface area (Å²) in [6.07, 6.45) is 1.02. The highest BCUT2D eigenvalue weighted by molar-refractivity contribution is 9.10. The highest BCUT2D eigenvalue weighted by Crippen LogP contribution is 2.15. The molecule has 0 saturated heterocycles. The van der Waals surface area contributed by atoms with Gasteiger partial charge in [-0.1, -0.05) is 28.1 Å². The number of non-ortho nitro benzene ring substituents is 1. The van der Waals surface area contributed by atoms with Gasteiger partial charge in [0.25, 0.3) is 5.69 Å². The Morgan fingerprint density at radius 3 is 2.44 bits per heavy atom. The van der Waals surface area contributed by atoms with E-state index < -0.39 is 15.7 Å². The summed E-state index contributed by atoms with van der Waals surface area (Å²) in [5, 5.41) is 19.0. The number of nitrogens with zero attached hydrogens (tertiary/aromatic N) is 1. The van der Waals surface area contributed by atoms with Crippen LogP contribution in [0.4, 0.5) is 5.69 Å². The molecule has 0 aliphatic rings. The summed E-state index contributed by atoms with van der Waals surface area (Å²) in [6.45, 7) is 0. The van der Waals surface area contributed by atoms with E-state index in [0.717, 1.165) is 5.56 Å². The summed E-state index contributed by atoms with van der Waals surface area (Å²) in [5.41, 5.74) is 0.925. The van der Waals surface area contributed by atoms with Crippen LogP contribution in [-0.2, 0) is 11.2 Å². The van der Waals surface area contributed by atoms with Crippen LogP contribution in [0, 0.1) is 10.1 Å². The summed E-state index contributed by atoms with van der Waals surface area (Å²) < 4.78 is 0. The molecule has 0 unspecified atom stereocenters. The zero-order chi connectivity index (χ0) is 12.1. The van der Waals surface area contributed by atoms with Crippen LogP contribution in [0.25, 0.3) is 0 Å². The first kappa shape index (κ1) is 12.6. The zero-order valence-corrected chi connectivity index (χ0v) is 9.88. The monoisotopic (exact) mass is 287 g/mol. The quantitative estimate of drug-likeness (QED) is 0.512. The number of hydrogen-bond acceptors (Lipinski definition) is 3. The van der Waals surface area contributed by atoms with Gasteiger partial charge in [-0.3, -0.25) is 14.9 Å². The molecule has 0 aliphatic heterocycles. The van der Waals surface area contributed by atoms with Crippen molar-refractivity contribution >= 4 is 27.6 Å². The average Bonchev–Trinajstić information content (AvgIpc) is 2.26. The molecule has 0 amide bonds. The number of halogens is 1. The van der Waals surface area contributed by atoms with Gasteiger partial charge < -0.3 is 5.11 Å². The van der Waals surface area contributed by atoms with Crippen LogP contribution in [0.2, 0.25) is 0 Å². The van der Waals surface area contributed by atoms with Gasteiger partial charge in [-0.15, -0.1) is 0 Å². The minimum atomic E-state index is -0.901. The van der Waals surface area contributed by atoms with Crippen LogP contribution in [0.1, 0.15) is 12.0 Å². The number of carboxylic acids is 1. The third-order valence-electron chi connectivity index (χ3n) is 2.10. The van der Waals surface area contributed by atoms with E-state index in [-0.39, 0.29) is 5.69 Å². The van der Waals surface area contributed by atoms with Crippen LogP contribution < -0.4 is 0 Å². The van der Waals surface area contributed by atoms with Crippen molar-refractivity contribution < 1.29 is 14.8 Å². The predicted molar refractivity (Wildman–Crippen MR) is 61.8 cm³/mol. The molecule has 0 aromatic heterocycles. The van der Waals surface area contributed by atoms with Crippen LogP contribution in [0.15, 0.2) is 24.3 Å². The number of nitro groups is 1. The molecule has 1 N–H and O–H groups in total. The summed E-state index contributed by atoms with van der Waals surface area (Å²) >= 11 is 3.03. The van der Waals surface area contributed by atoms with Crippen molar-refractivity contribution in [2.75, 3.05) is 0 Å². The SMILES string of the molecule is O=C(O)[C@H](Br)CCc1ccc([N+](=O)[O-])cc1. The molecule has 5 nitrogen and oxygen atoms in total. The first-order valence-corrected chi connectivity index (χ1v) is 5.52. The van der Waals surface area contributed by atoms with E-state index in [4.69, 9.17) is 5.11 Å². The lowest BCUT2D eigenvalue weighted by Gasteiger charge is -2.04. The number of benzene rings is 1. The fourth-order valence-corrected chi connectivity index (χ4v) is 1.43. The number of aryl methyl sites for hydroxylation is 1. The van der Waals surface area contributed by atoms with Crippen molar-refractivity contribution in [2.45, 2.75) is 17.7 Å². The van der Waals surface area contributed by atoms with E-state index in [1.165, 1.54) is 12.1 Å². The molecule has 6 heteroatoms. The van der Waals surface area contributed by atoms with E-state index >= 15 is 0 Å². The van der Waals surface area contributed by atoms with Crippen molar-refractivity contribution in [1.82, 2.24) is 0 Å². The van der Waals surface area contributed by atoms with Gasteiger partial charge in [0.1, 0.15) is 4.83 Å². The summed E-state index contributed by atoms with van der Waals surface area (Å²) in [7, 11) is 0. The molecule has 1 aromatic carbocycles. The normalized spacial score (nSPS) is 12.1. The second-order valence-corrected chi connectivity index (χ2v) is 4.37. The lowest BCUT2D eigenvalue weighted by molar-refractivity contribution is -0.384. The smallest absolute Gasteiger partial charge is 0.317 e. The van der Waals surface area contributed by atoms with Gasteiger partial charge in [0.15, 0.2) is 0 Å². The first-order valence-electron chi connectivity index (χ1n) is 4.61. The number of rotatable bonds is 5. The Kier molecular flexibility index (Phi) is 4.42. The Bertz CT molecular complexity index is 390. The van der Waals surface area contributed by atoms with Gasteiger partial charge in [0, 0.05) is 12.1 Å². The summed E-state index contributed by atoms with van der Waals surface area (Å²) in [6, 6.07) is 6.11. The number of hydrogen-bond donors (Lipinski definition) is 1. The van der Waals surface area contributed by atoms with Crippen molar-refractivity contribution in [3.63, 3.8) is 0 Å². The molecule has 86 valence electrons. The molecule has 0 fully saturated rings. The van der Waals surface area contributed by atoms with Crippen molar-refractivity contribution in [3.05, 3.63) is 39.9 Å². The molecule has 0 spiro atoms. The second kappa shape index (κ2) is 5.60. The lowest BCUT2D eigenvalue weighted by atomic mass is 10.1. The molecular weight excluding hydrogens is 278 g/mol. The molecule has 1 atom stereocenters. The highest BCUT2D eigenvalue weighted by Gasteiger charge is 2.12.